The van der Waals surface area contributed by atoms with Gasteiger partial charge in [-0.25, -0.2) is 4.79 Å². The number of likely N-dealkylation sites (N-methyl/N-ethyl adjacent to an activating group) is 1. The van der Waals surface area contributed by atoms with E-state index in [0.717, 1.165) is 18.4 Å². The molecular weight excluding hydrogens is 294 g/mol. The van der Waals surface area contributed by atoms with Gasteiger partial charge in [-0.3, -0.25) is 4.79 Å². The predicted molar refractivity (Wildman–Crippen MR) is 87.9 cm³/mol. The van der Waals surface area contributed by atoms with E-state index < -0.39 is 6.09 Å². The maximum absolute atomic E-state index is 11.8. The third-order valence-electron chi connectivity index (χ3n) is 3.97. The SMILES string of the molecule is CC(NC1CC(NC(=O)OCc2ccccc2)C1)C(=O)N(C)C. The van der Waals surface area contributed by atoms with E-state index in [9.17, 15) is 9.59 Å². The molecule has 0 radical (unpaired) electrons. The van der Waals surface area contributed by atoms with E-state index in [-0.39, 0.29) is 30.6 Å². The lowest BCUT2D eigenvalue weighted by atomic mass is 9.86. The Morgan fingerprint density at radius 1 is 1.22 bits per heavy atom. The molecule has 0 saturated heterocycles. The van der Waals surface area contributed by atoms with E-state index in [0.29, 0.717) is 0 Å². The Kier molecular flexibility index (Phi) is 5.98. The predicted octanol–water partition coefficient (Wildman–Crippen LogP) is 1.51. The maximum atomic E-state index is 11.8. The van der Waals surface area contributed by atoms with E-state index in [1.165, 1.54) is 0 Å². The van der Waals surface area contributed by atoms with E-state index in [1.54, 1.807) is 19.0 Å². The van der Waals surface area contributed by atoms with Crippen LogP contribution in [0.15, 0.2) is 30.3 Å². The summed E-state index contributed by atoms with van der Waals surface area (Å²) in [6, 6.07) is 9.74. The van der Waals surface area contributed by atoms with Crippen molar-refractivity contribution < 1.29 is 14.3 Å². The van der Waals surface area contributed by atoms with Crippen molar-refractivity contribution in [2.24, 2.45) is 0 Å². The Morgan fingerprint density at radius 3 is 2.48 bits per heavy atom. The number of carbonyl (C=O) groups is 2. The fraction of sp³-hybridized carbons (Fsp3) is 0.529. The lowest BCUT2D eigenvalue weighted by Gasteiger charge is -2.37. The van der Waals surface area contributed by atoms with Gasteiger partial charge in [-0.15, -0.1) is 0 Å². The summed E-state index contributed by atoms with van der Waals surface area (Å²) >= 11 is 0. The molecule has 2 N–H and O–H groups in total. The number of amides is 2. The molecule has 1 aromatic carbocycles. The van der Waals surface area contributed by atoms with Gasteiger partial charge in [0, 0.05) is 26.2 Å². The maximum Gasteiger partial charge on any atom is 0.407 e. The minimum absolute atomic E-state index is 0.0590. The van der Waals surface area contributed by atoms with Crippen molar-refractivity contribution in [3.8, 4) is 0 Å². The number of rotatable bonds is 6. The van der Waals surface area contributed by atoms with Crippen LogP contribution in [0.25, 0.3) is 0 Å². The van der Waals surface area contributed by atoms with Crippen LogP contribution in [0, 0.1) is 0 Å². The van der Waals surface area contributed by atoms with Gasteiger partial charge in [0.05, 0.1) is 6.04 Å². The average Bonchev–Trinajstić information content (AvgIpc) is 2.50. The number of carbonyl (C=O) groups excluding carboxylic acids is 2. The molecule has 2 amide bonds. The van der Waals surface area contributed by atoms with Gasteiger partial charge in [-0.05, 0) is 25.3 Å². The molecule has 1 aromatic rings. The normalized spacial score (nSPS) is 21.0. The van der Waals surface area contributed by atoms with Gasteiger partial charge >= 0.3 is 6.09 Å². The van der Waals surface area contributed by atoms with Crippen molar-refractivity contribution in [1.29, 1.82) is 0 Å². The summed E-state index contributed by atoms with van der Waals surface area (Å²) in [5.41, 5.74) is 0.965. The first-order chi connectivity index (χ1) is 11.0. The molecule has 0 aliphatic heterocycles. The lowest BCUT2D eigenvalue weighted by Crippen LogP contribution is -2.56. The zero-order chi connectivity index (χ0) is 16.8. The highest BCUT2D eigenvalue weighted by Crippen LogP contribution is 2.20. The summed E-state index contributed by atoms with van der Waals surface area (Å²) in [4.78, 5) is 25.1. The molecule has 126 valence electrons. The Hall–Kier alpha value is -2.08. The van der Waals surface area contributed by atoms with Crippen molar-refractivity contribution in [3.05, 3.63) is 35.9 Å². The molecule has 1 aliphatic rings. The summed E-state index contributed by atoms with van der Waals surface area (Å²) in [5.74, 6) is 0.0590. The van der Waals surface area contributed by atoms with Gasteiger partial charge < -0.3 is 20.3 Å². The molecule has 1 aliphatic carbocycles. The average molecular weight is 319 g/mol. The van der Waals surface area contributed by atoms with Crippen molar-refractivity contribution in [1.82, 2.24) is 15.5 Å². The van der Waals surface area contributed by atoms with E-state index in [1.807, 2.05) is 37.3 Å². The quantitative estimate of drug-likeness (QED) is 0.834. The first-order valence-corrected chi connectivity index (χ1v) is 7.90. The molecule has 2 rings (SSSR count). The van der Waals surface area contributed by atoms with Crippen LogP contribution in [-0.4, -0.2) is 49.1 Å². The van der Waals surface area contributed by atoms with Gasteiger partial charge in [0.25, 0.3) is 0 Å². The molecule has 0 spiro atoms. The van der Waals surface area contributed by atoms with Gasteiger partial charge in [0.2, 0.25) is 5.91 Å². The van der Waals surface area contributed by atoms with Gasteiger partial charge in [0.1, 0.15) is 6.61 Å². The van der Waals surface area contributed by atoms with Gasteiger partial charge in [0.15, 0.2) is 0 Å². The van der Waals surface area contributed by atoms with E-state index in [2.05, 4.69) is 10.6 Å². The summed E-state index contributed by atoms with van der Waals surface area (Å²) in [7, 11) is 3.49. The topological polar surface area (TPSA) is 70.7 Å². The van der Waals surface area contributed by atoms with Crippen LogP contribution >= 0.6 is 0 Å². The Morgan fingerprint density at radius 2 is 1.87 bits per heavy atom. The number of nitrogens with zero attached hydrogens (tertiary/aromatic N) is 1. The van der Waals surface area contributed by atoms with Crippen LogP contribution in [0.2, 0.25) is 0 Å². The molecule has 1 saturated carbocycles. The minimum atomic E-state index is -0.394. The number of hydrogen-bond acceptors (Lipinski definition) is 4. The second-order valence-corrected chi connectivity index (χ2v) is 6.19. The number of ether oxygens (including phenoxy) is 1. The van der Waals surface area contributed by atoms with Crippen molar-refractivity contribution >= 4 is 12.0 Å². The zero-order valence-corrected chi connectivity index (χ0v) is 13.9. The third-order valence-corrected chi connectivity index (χ3v) is 3.97. The minimum Gasteiger partial charge on any atom is -0.445 e. The molecule has 1 atom stereocenters. The number of benzene rings is 1. The smallest absolute Gasteiger partial charge is 0.407 e. The summed E-state index contributed by atoms with van der Waals surface area (Å²) in [6.45, 7) is 2.13. The van der Waals surface area contributed by atoms with Gasteiger partial charge in [-0.1, -0.05) is 30.3 Å². The van der Waals surface area contributed by atoms with Gasteiger partial charge in [-0.2, -0.15) is 0 Å². The van der Waals surface area contributed by atoms with Crippen molar-refractivity contribution in [2.75, 3.05) is 14.1 Å². The molecule has 23 heavy (non-hydrogen) atoms. The van der Waals surface area contributed by atoms with E-state index in [4.69, 9.17) is 4.74 Å². The molecular formula is C17H25N3O3. The Balaban J connectivity index is 1.62. The largest absolute Gasteiger partial charge is 0.445 e. The first-order valence-electron chi connectivity index (χ1n) is 7.90. The summed E-state index contributed by atoms with van der Waals surface area (Å²) in [5, 5.41) is 6.12. The van der Waals surface area contributed by atoms with Crippen molar-refractivity contribution in [2.45, 2.75) is 44.5 Å². The molecule has 6 nitrogen and oxygen atoms in total. The molecule has 1 unspecified atom stereocenters. The number of nitrogens with one attached hydrogen (secondary N) is 2. The van der Waals surface area contributed by atoms with Crippen LogP contribution < -0.4 is 10.6 Å². The second kappa shape index (κ2) is 7.97. The fourth-order valence-corrected chi connectivity index (χ4v) is 2.62. The molecule has 0 aromatic heterocycles. The van der Waals surface area contributed by atoms with Crippen molar-refractivity contribution in [3.63, 3.8) is 0 Å². The Labute approximate surface area is 137 Å². The fourth-order valence-electron chi connectivity index (χ4n) is 2.62. The monoisotopic (exact) mass is 319 g/mol. The highest BCUT2D eigenvalue weighted by Gasteiger charge is 2.32. The first kappa shape index (κ1) is 17.3. The Bertz CT molecular complexity index is 527. The standard InChI is InChI=1S/C17H25N3O3/c1-12(16(21)20(2)3)18-14-9-15(10-14)19-17(22)23-11-13-7-5-4-6-8-13/h4-8,12,14-15,18H,9-11H2,1-3H3,(H,19,22). The lowest BCUT2D eigenvalue weighted by molar-refractivity contribution is -0.130. The zero-order valence-electron chi connectivity index (χ0n) is 13.9. The van der Waals surface area contributed by atoms with Crippen LogP contribution in [0.3, 0.4) is 0 Å². The van der Waals surface area contributed by atoms with Crippen LogP contribution in [0.4, 0.5) is 4.79 Å². The number of hydrogen-bond donors (Lipinski definition) is 2. The molecule has 0 bridgehead atoms. The number of alkyl carbamates (subject to hydrolysis) is 1. The molecule has 6 heteroatoms. The summed E-state index contributed by atoms with van der Waals surface area (Å²) in [6.07, 6.45) is 1.23. The van der Waals surface area contributed by atoms with Crippen LogP contribution in [-0.2, 0) is 16.1 Å². The third kappa shape index (κ3) is 5.25. The highest BCUT2D eigenvalue weighted by atomic mass is 16.5. The molecule has 1 fully saturated rings. The molecule has 0 heterocycles. The van der Waals surface area contributed by atoms with Crippen LogP contribution in [0.1, 0.15) is 25.3 Å². The second-order valence-electron chi connectivity index (χ2n) is 6.19. The van der Waals surface area contributed by atoms with Crippen LogP contribution in [0.5, 0.6) is 0 Å². The summed E-state index contributed by atoms with van der Waals surface area (Å²) < 4.78 is 5.19. The highest BCUT2D eigenvalue weighted by molar-refractivity contribution is 5.81. The van der Waals surface area contributed by atoms with E-state index >= 15 is 0 Å².